The van der Waals surface area contributed by atoms with Gasteiger partial charge in [-0.15, -0.1) is 0 Å². The van der Waals surface area contributed by atoms with Crippen molar-refractivity contribution >= 4 is 41.2 Å². The number of rotatable bonds is 7. The van der Waals surface area contributed by atoms with E-state index in [0.717, 1.165) is 4.90 Å². The highest BCUT2D eigenvalue weighted by molar-refractivity contribution is 6.23. The quantitative estimate of drug-likeness (QED) is 0.362. The molecule has 2 heterocycles. The number of benzene rings is 1. The second-order valence-electron chi connectivity index (χ2n) is 9.05. The Kier molecular flexibility index (Phi) is 6.95. The summed E-state index contributed by atoms with van der Waals surface area (Å²) in [5.41, 5.74) is 0.0268. The molecule has 10 heteroatoms. The van der Waals surface area contributed by atoms with Crippen LogP contribution in [0.4, 0.5) is 5.69 Å². The summed E-state index contributed by atoms with van der Waals surface area (Å²) in [5.74, 6) is -2.98. The van der Waals surface area contributed by atoms with Gasteiger partial charge in [0.15, 0.2) is 0 Å². The molecule has 33 heavy (non-hydrogen) atoms. The highest BCUT2D eigenvalue weighted by Crippen LogP contribution is 2.29. The maximum absolute atomic E-state index is 12.8. The normalized spacial score (nSPS) is 18.2. The largest absolute Gasteiger partial charge is 0.460 e. The van der Waals surface area contributed by atoms with Gasteiger partial charge in [0.25, 0.3) is 11.8 Å². The summed E-state index contributed by atoms with van der Waals surface area (Å²) in [6.07, 6.45) is 1.49. The Bertz CT molecular complexity index is 1030. The fourth-order valence-corrected chi connectivity index (χ4v) is 3.72. The van der Waals surface area contributed by atoms with Crippen molar-refractivity contribution < 1.29 is 33.5 Å². The molecule has 1 unspecified atom stereocenters. The third kappa shape index (κ3) is 5.82. The van der Waals surface area contributed by atoms with E-state index in [0.29, 0.717) is 18.5 Å². The molecule has 0 aromatic heterocycles. The Morgan fingerprint density at radius 2 is 1.73 bits per heavy atom. The van der Waals surface area contributed by atoms with Crippen molar-refractivity contribution in [1.29, 1.82) is 0 Å². The Hall–Kier alpha value is -3.56. The summed E-state index contributed by atoms with van der Waals surface area (Å²) in [6.45, 7) is 5.37. The van der Waals surface area contributed by atoms with Gasteiger partial charge in [-0.1, -0.05) is 0 Å². The van der Waals surface area contributed by atoms with E-state index in [1.807, 2.05) is 0 Å². The Morgan fingerprint density at radius 1 is 1.06 bits per heavy atom. The highest BCUT2D eigenvalue weighted by Gasteiger charge is 2.44. The second kappa shape index (κ2) is 9.51. The number of carbonyl (C=O) groups is 6. The molecule has 1 aromatic carbocycles. The maximum atomic E-state index is 12.8. The minimum Gasteiger partial charge on any atom is -0.460 e. The average molecular weight is 457 g/mol. The number of esters is 1. The predicted molar refractivity (Wildman–Crippen MR) is 116 cm³/mol. The molecule has 0 radical (unpaired) electrons. The number of amides is 5. The predicted octanol–water partition coefficient (Wildman–Crippen LogP) is 1.93. The standard InChI is InChI=1S/C23H27N3O7/c1-23(2,3)33-19(29)7-5-4-6-17(27)24-13-8-9-14-15(12-13)22(32)26(21(14)31)16-10-11-18(28)25-20(16)30/h8-9,12,16H,4-7,10-11H2,1-3H3,(H,24,27)(H,25,28,30). The number of unbranched alkanes of at least 4 members (excludes halogenated alkanes) is 1. The van der Waals surface area contributed by atoms with E-state index >= 15 is 0 Å². The van der Waals surface area contributed by atoms with E-state index in [9.17, 15) is 28.8 Å². The number of imide groups is 2. The zero-order valence-corrected chi connectivity index (χ0v) is 18.9. The van der Waals surface area contributed by atoms with Crippen molar-refractivity contribution in [3.05, 3.63) is 29.3 Å². The molecule has 0 spiro atoms. The summed E-state index contributed by atoms with van der Waals surface area (Å²) in [4.78, 5) is 73.8. The number of ether oxygens (including phenoxy) is 1. The minimum atomic E-state index is -1.04. The number of hydrogen-bond acceptors (Lipinski definition) is 7. The van der Waals surface area contributed by atoms with Crippen LogP contribution in [-0.2, 0) is 23.9 Å². The summed E-state index contributed by atoms with van der Waals surface area (Å²) < 4.78 is 5.22. The molecule has 2 aliphatic heterocycles. The van der Waals surface area contributed by atoms with Gasteiger partial charge in [0.1, 0.15) is 11.6 Å². The van der Waals surface area contributed by atoms with Crippen LogP contribution in [-0.4, -0.2) is 52.0 Å². The van der Waals surface area contributed by atoms with E-state index in [4.69, 9.17) is 4.74 Å². The first-order valence-corrected chi connectivity index (χ1v) is 10.8. The lowest BCUT2D eigenvalue weighted by atomic mass is 10.0. The van der Waals surface area contributed by atoms with E-state index in [2.05, 4.69) is 10.6 Å². The van der Waals surface area contributed by atoms with E-state index in [1.54, 1.807) is 20.8 Å². The van der Waals surface area contributed by atoms with Gasteiger partial charge in [0, 0.05) is 24.9 Å². The van der Waals surface area contributed by atoms with Crippen LogP contribution in [0.1, 0.15) is 80.0 Å². The molecule has 1 atom stereocenters. The Morgan fingerprint density at radius 3 is 2.39 bits per heavy atom. The molecule has 1 fully saturated rings. The van der Waals surface area contributed by atoms with Crippen molar-refractivity contribution in [2.75, 3.05) is 5.32 Å². The maximum Gasteiger partial charge on any atom is 0.306 e. The van der Waals surface area contributed by atoms with Gasteiger partial charge >= 0.3 is 5.97 Å². The molecule has 5 amide bonds. The van der Waals surface area contributed by atoms with Crippen LogP contribution in [0, 0.1) is 0 Å². The van der Waals surface area contributed by atoms with Crippen LogP contribution < -0.4 is 10.6 Å². The topological polar surface area (TPSA) is 139 Å². The van der Waals surface area contributed by atoms with Crippen LogP contribution in [0.25, 0.3) is 0 Å². The van der Waals surface area contributed by atoms with Crippen molar-refractivity contribution in [1.82, 2.24) is 10.2 Å². The monoisotopic (exact) mass is 457 g/mol. The molecule has 3 rings (SSSR count). The van der Waals surface area contributed by atoms with Crippen LogP contribution in [0.5, 0.6) is 0 Å². The number of nitrogens with one attached hydrogen (secondary N) is 2. The summed E-state index contributed by atoms with van der Waals surface area (Å²) >= 11 is 0. The minimum absolute atomic E-state index is 0.0407. The van der Waals surface area contributed by atoms with Gasteiger partial charge in [-0.3, -0.25) is 39.0 Å². The molecular formula is C23H27N3O7. The van der Waals surface area contributed by atoms with Crippen molar-refractivity contribution in [3.63, 3.8) is 0 Å². The summed E-state index contributed by atoms with van der Waals surface area (Å²) in [6, 6.07) is 3.30. The molecule has 2 aliphatic rings. The molecule has 10 nitrogen and oxygen atoms in total. The Labute approximate surface area is 191 Å². The number of anilines is 1. The van der Waals surface area contributed by atoms with Gasteiger partial charge in [-0.2, -0.15) is 0 Å². The average Bonchev–Trinajstić information content (AvgIpc) is 2.94. The fourth-order valence-electron chi connectivity index (χ4n) is 3.72. The van der Waals surface area contributed by atoms with Crippen molar-refractivity contribution in [3.8, 4) is 0 Å². The summed E-state index contributed by atoms with van der Waals surface area (Å²) in [5, 5.41) is 4.83. The van der Waals surface area contributed by atoms with Gasteiger partial charge in [0.05, 0.1) is 11.1 Å². The van der Waals surface area contributed by atoms with Gasteiger partial charge in [0.2, 0.25) is 17.7 Å². The van der Waals surface area contributed by atoms with Crippen LogP contribution in [0.15, 0.2) is 18.2 Å². The third-order valence-electron chi connectivity index (χ3n) is 5.18. The lowest BCUT2D eigenvalue weighted by molar-refractivity contribution is -0.155. The molecule has 1 saturated heterocycles. The highest BCUT2D eigenvalue weighted by atomic mass is 16.6. The first-order valence-electron chi connectivity index (χ1n) is 10.8. The summed E-state index contributed by atoms with van der Waals surface area (Å²) in [7, 11) is 0. The zero-order valence-electron chi connectivity index (χ0n) is 18.9. The molecule has 176 valence electrons. The first-order chi connectivity index (χ1) is 15.5. The third-order valence-corrected chi connectivity index (χ3v) is 5.18. The number of nitrogens with zero attached hydrogens (tertiary/aromatic N) is 1. The second-order valence-corrected chi connectivity index (χ2v) is 9.05. The lowest BCUT2D eigenvalue weighted by Crippen LogP contribution is -2.54. The smallest absolute Gasteiger partial charge is 0.306 e. The van der Waals surface area contributed by atoms with Crippen molar-refractivity contribution in [2.45, 2.75) is 70.9 Å². The molecule has 0 saturated carbocycles. The first kappa shape index (κ1) is 24.1. The Balaban J connectivity index is 1.55. The number of hydrogen-bond donors (Lipinski definition) is 2. The van der Waals surface area contributed by atoms with Crippen LogP contribution in [0.2, 0.25) is 0 Å². The lowest BCUT2D eigenvalue weighted by Gasteiger charge is -2.27. The molecule has 0 aliphatic carbocycles. The van der Waals surface area contributed by atoms with Crippen LogP contribution >= 0.6 is 0 Å². The van der Waals surface area contributed by atoms with Gasteiger partial charge < -0.3 is 10.1 Å². The molecule has 0 bridgehead atoms. The van der Waals surface area contributed by atoms with E-state index < -0.39 is 35.3 Å². The van der Waals surface area contributed by atoms with Crippen LogP contribution in [0.3, 0.4) is 0 Å². The number of piperidine rings is 1. The molecular weight excluding hydrogens is 430 g/mol. The SMILES string of the molecule is CC(C)(C)OC(=O)CCCCC(=O)Nc1ccc2c(c1)C(=O)N(C1CCC(=O)NC1=O)C2=O. The zero-order chi connectivity index (χ0) is 24.3. The fraction of sp³-hybridized carbons (Fsp3) is 0.478. The van der Waals surface area contributed by atoms with E-state index in [-0.39, 0.29) is 48.7 Å². The van der Waals surface area contributed by atoms with Gasteiger partial charge in [-0.25, -0.2) is 0 Å². The van der Waals surface area contributed by atoms with Crippen molar-refractivity contribution in [2.24, 2.45) is 0 Å². The number of fused-ring (bicyclic) bond motifs is 1. The van der Waals surface area contributed by atoms with E-state index in [1.165, 1.54) is 18.2 Å². The molecule has 1 aromatic rings. The van der Waals surface area contributed by atoms with Gasteiger partial charge in [-0.05, 0) is 58.2 Å². The number of carbonyl (C=O) groups excluding carboxylic acids is 6. The molecule has 2 N–H and O–H groups in total.